The van der Waals surface area contributed by atoms with Crippen LogP contribution in [-0.2, 0) is 9.47 Å². The van der Waals surface area contributed by atoms with Gasteiger partial charge in [-0.15, -0.1) is 0 Å². The van der Waals surface area contributed by atoms with E-state index in [2.05, 4.69) is 6.92 Å². The summed E-state index contributed by atoms with van der Waals surface area (Å²) in [5.41, 5.74) is 0. The van der Waals surface area contributed by atoms with Gasteiger partial charge in [0.2, 0.25) is 0 Å². The molecule has 1 heterocycles. The largest absolute Gasteiger partial charge is 0.391 e. The second-order valence-electron chi connectivity index (χ2n) is 5.79. The molecule has 0 aromatic heterocycles. The summed E-state index contributed by atoms with van der Waals surface area (Å²) >= 11 is 0. The maximum atomic E-state index is 9.81. The molecule has 0 radical (unpaired) electrons. The first-order chi connectivity index (χ1) is 10.1. The lowest BCUT2D eigenvalue weighted by atomic mass is 10.1. The van der Waals surface area contributed by atoms with Crippen molar-refractivity contribution in [1.82, 2.24) is 0 Å². The van der Waals surface area contributed by atoms with Gasteiger partial charge in [0.25, 0.3) is 0 Å². The average molecular weight is 306 g/mol. The van der Waals surface area contributed by atoms with Crippen LogP contribution >= 0.6 is 0 Å². The second kappa shape index (κ2) is 10.5. The molecule has 126 valence electrons. The first-order valence-corrected chi connectivity index (χ1v) is 8.01. The predicted octanol–water partition coefficient (Wildman–Crippen LogP) is 0.553. The third-order valence-corrected chi connectivity index (χ3v) is 3.80. The molecule has 0 amide bonds. The molecule has 1 rings (SSSR count). The Balaban J connectivity index is 2.08. The molecule has 1 aliphatic heterocycles. The summed E-state index contributed by atoms with van der Waals surface area (Å²) in [7, 11) is 0. The van der Waals surface area contributed by atoms with Crippen LogP contribution in [0.1, 0.15) is 51.9 Å². The molecule has 21 heavy (non-hydrogen) atoms. The van der Waals surface area contributed by atoms with Gasteiger partial charge < -0.3 is 29.9 Å². The number of ether oxygens (including phenoxy) is 2. The van der Waals surface area contributed by atoms with Crippen LogP contribution in [0.3, 0.4) is 0 Å². The molecule has 1 aliphatic rings. The van der Waals surface area contributed by atoms with E-state index in [-0.39, 0.29) is 13.2 Å². The highest BCUT2D eigenvalue weighted by atomic mass is 16.7. The molecule has 0 aliphatic carbocycles. The summed E-state index contributed by atoms with van der Waals surface area (Å²) in [6, 6.07) is 0. The van der Waals surface area contributed by atoms with Crippen molar-refractivity contribution in [2.24, 2.45) is 0 Å². The molecule has 0 saturated carbocycles. The van der Waals surface area contributed by atoms with E-state index in [9.17, 15) is 20.4 Å². The third-order valence-electron chi connectivity index (χ3n) is 3.80. The Labute approximate surface area is 126 Å². The highest BCUT2D eigenvalue weighted by Gasteiger charge is 2.38. The van der Waals surface area contributed by atoms with Gasteiger partial charge in [-0.05, 0) is 6.42 Å². The minimum atomic E-state index is -1.30. The van der Waals surface area contributed by atoms with Crippen LogP contribution in [0, 0.1) is 0 Å². The summed E-state index contributed by atoms with van der Waals surface area (Å²) in [5.74, 6) is 0. The number of hydrogen-bond donors (Lipinski definition) is 4. The maximum Gasteiger partial charge on any atom is 0.186 e. The first kappa shape index (κ1) is 18.8. The SMILES string of the molecule is CCCCCCCCC(O)CO[C@H]1OC[C@@H](O)[C@H](O)[C@H]1O. The topological polar surface area (TPSA) is 99.4 Å². The zero-order chi connectivity index (χ0) is 15.7. The zero-order valence-electron chi connectivity index (χ0n) is 12.9. The van der Waals surface area contributed by atoms with Crippen molar-refractivity contribution in [3.05, 3.63) is 0 Å². The lowest BCUT2D eigenvalue weighted by molar-refractivity contribution is -0.274. The van der Waals surface area contributed by atoms with Crippen LogP contribution in [0.5, 0.6) is 0 Å². The number of rotatable bonds is 10. The van der Waals surface area contributed by atoms with Gasteiger partial charge in [-0.25, -0.2) is 0 Å². The zero-order valence-corrected chi connectivity index (χ0v) is 12.9. The second-order valence-corrected chi connectivity index (χ2v) is 5.79. The van der Waals surface area contributed by atoms with Crippen LogP contribution < -0.4 is 0 Å². The smallest absolute Gasteiger partial charge is 0.186 e. The molecule has 4 N–H and O–H groups in total. The van der Waals surface area contributed by atoms with E-state index in [0.717, 1.165) is 12.8 Å². The van der Waals surface area contributed by atoms with Crippen molar-refractivity contribution in [2.75, 3.05) is 13.2 Å². The highest BCUT2D eigenvalue weighted by molar-refractivity contribution is 4.82. The van der Waals surface area contributed by atoms with Crippen LogP contribution in [0.25, 0.3) is 0 Å². The van der Waals surface area contributed by atoms with Crippen molar-refractivity contribution in [1.29, 1.82) is 0 Å². The van der Waals surface area contributed by atoms with E-state index >= 15 is 0 Å². The predicted molar refractivity (Wildman–Crippen MR) is 77.7 cm³/mol. The number of hydrogen-bond acceptors (Lipinski definition) is 6. The van der Waals surface area contributed by atoms with E-state index in [1.54, 1.807) is 0 Å². The molecule has 6 nitrogen and oxygen atoms in total. The fraction of sp³-hybridized carbons (Fsp3) is 1.00. The quantitative estimate of drug-likeness (QED) is 0.440. The number of aliphatic hydroxyl groups is 4. The van der Waals surface area contributed by atoms with Gasteiger partial charge in [0.15, 0.2) is 6.29 Å². The average Bonchev–Trinajstić information content (AvgIpc) is 2.47. The lowest BCUT2D eigenvalue weighted by Crippen LogP contribution is -2.54. The third kappa shape index (κ3) is 7.04. The normalized spacial score (nSPS) is 31.3. The summed E-state index contributed by atoms with van der Waals surface area (Å²) in [4.78, 5) is 0. The van der Waals surface area contributed by atoms with E-state index in [0.29, 0.717) is 6.42 Å². The molecule has 1 fully saturated rings. The van der Waals surface area contributed by atoms with Gasteiger partial charge in [-0.3, -0.25) is 0 Å². The van der Waals surface area contributed by atoms with Crippen molar-refractivity contribution >= 4 is 0 Å². The molecule has 0 bridgehead atoms. The Morgan fingerprint density at radius 2 is 1.71 bits per heavy atom. The summed E-state index contributed by atoms with van der Waals surface area (Å²) in [5, 5.41) is 38.3. The van der Waals surface area contributed by atoms with Crippen molar-refractivity contribution in [2.45, 2.75) is 82.6 Å². The molecular weight excluding hydrogens is 276 g/mol. The van der Waals surface area contributed by atoms with Gasteiger partial charge in [0, 0.05) is 0 Å². The van der Waals surface area contributed by atoms with Crippen molar-refractivity contribution in [3.8, 4) is 0 Å². The Morgan fingerprint density at radius 1 is 1.05 bits per heavy atom. The Bertz CT molecular complexity index is 263. The van der Waals surface area contributed by atoms with Gasteiger partial charge in [-0.1, -0.05) is 45.4 Å². The Kier molecular flexibility index (Phi) is 9.39. The summed E-state index contributed by atoms with van der Waals surface area (Å²) < 4.78 is 10.4. The summed E-state index contributed by atoms with van der Waals surface area (Å²) in [6.07, 6.45) is 2.34. The van der Waals surface area contributed by atoms with Crippen LogP contribution in [0.15, 0.2) is 0 Å². The molecule has 5 atom stereocenters. The maximum absolute atomic E-state index is 9.81. The fourth-order valence-corrected chi connectivity index (χ4v) is 2.38. The van der Waals surface area contributed by atoms with Gasteiger partial charge >= 0.3 is 0 Å². The van der Waals surface area contributed by atoms with Crippen molar-refractivity contribution < 1.29 is 29.9 Å². The standard InChI is InChI=1S/C15H30O6/c1-2-3-4-5-6-7-8-11(16)9-20-15-14(19)13(18)12(17)10-21-15/h11-19H,2-10H2,1H3/t11?,12-,13+,14-,15+/m1/s1. The molecule has 0 aromatic carbocycles. The molecule has 1 saturated heterocycles. The van der Waals surface area contributed by atoms with Crippen LogP contribution in [0.4, 0.5) is 0 Å². The van der Waals surface area contributed by atoms with E-state index in [1.807, 2.05) is 0 Å². The summed E-state index contributed by atoms with van der Waals surface area (Å²) in [6.45, 7) is 2.15. The minimum absolute atomic E-state index is 0.0551. The Hall–Kier alpha value is -0.240. The van der Waals surface area contributed by atoms with E-state index in [4.69, 9.17) is 9.47 Å². The van der Waals surface area contributed by atoms with E-state index < -0.39 is 30.7 Å². The van der Waals surface area contributed by atoms with Gasteiger partial charge in [0.1, 0.15) is 18.3 Å². The number of unbranched alkanes of at least 4 members (excludes halogenated alkanes) is 5. The molecular formula is C15H30O6. The van der Waals surface area contributed by atoms with Gasteiger partial charge in [0.05, 0.1) is 19.3 Å². The number of aliphatic hydroxyl groups excluding tert-OH is 4. The molecule has 1 unspecified atom stereocenters. The van der Waals surface area contributed by atoms with Crippen LogP contribution in [0.2, 0.25) is 0 Å². The lowest BCUT2D eigenvalue weighted by Gasteiger charge is -2.35. The minimum Gasteiger partial charge on any atom is -0.391 e. The molecule has 0 spiro atoms. The fourth-order valence-electron chi connectivity index (χ4n) is 2.38. The monoisotopic (exact) mass is 306 g/mol. The molecule has 0 aromatic rings. The van der Waals surface area contributed by atoms with Crippen LogP contribution in [-0.4, -0.2) is 64.3 Å². The Morgan fingerprint density at radius 3 is 2.43 bits per heavy atom. The first-order valence-electron chi connectivity index (χ1n) is 8.01. The van der Waals surface area contributed by atoms with Crippen molar-refractivity contribution in [3.63, 3.8) is 0 Å². The van der Waals surface area contributed by atoms with E-state index in [1.165, 1.54) is 25.7 Å². The highest BCUT2D eigenvalue weighted by Crippen LogP contribution is 2.17. The molecule has 6 heteroatoms. The van der Waals surface area contributed by atoms with Gasteiger partial charge in [-0.2, -0.15) is 0 Å².